The summed E-state index contributed by atoms with van der Waals surface area (Å²) in [4.78, 5) is 14.7. The summed E-state index contributed by atoms with van der Waals surface area (Å²) >= 11 is 5.70. The maximum absolute atomic E-state index is 12.2. The minimum Gasteiger partial charge on any atom is -0.478 e. The summed E-state index contributed by atoms with van der Waals surface area (Å²) in [5.41, 5.74) is 0.487. The molecule has 6 nitrogen and oxygen atoms in total. The minimum absolute atomic E-state index is 0.0870. The SMILES string of the molecule is O=C(O)c1cnc(Cl)cc1Nc1cnn(CC(F)F)c1. The molecule has 0 aliphatic carbocycles. The lowest BCUT2D eigenvalue weighted by atomic mass is 10.2. The van der Waals surface area contributed by atoms with E-state index in [0.717, 1.165) is 10.9 Å². The van der Waals surface area contributed by atoms with E-state index in [-0.39, 0.29) is 16.4 Å². The van der Waals surface area contributed by atoms with Gasteiger partial charge in [0, 0.05) is 12.4 Å². The molecule has 0 aliphatic heterocycles. The molecule has 0 fully saturated rings. The van der Waals surface area contributed by atoms with Crippen molar-refractivity contribution in [1.29, 1.82) is 0 Å². The molecule has 0 radical (unpaired) electrons. The summed E-state index contributed by atoms with van der Waals surface area (Å²) in [6, 6.07) is 1.33. The molecule has 0 atom stereocenters. The average molecular weight is 303 g/mol. The standard InChI is InChI=1S/C11H9ClF2N4O2/c12-9-1-8(7(3-15-9)11(19)20)17-6-2-16-18(4-6)5-10(13)14/h1-4,10H,5H2,(H,15,17)(H,19,20). The van der Waals surface area contributed by atoms with Crippen molar-refractivity contribution < 1.29 is 18.7 Å². The largest absolute Gasteiger partial charge is 0.478 e. The van der Waals surface area contributed by atoms with Crippen molar-refractivity contribution in [3.05, 3.63) is 35.4 Å². The smallest absolute Gasteiger partial charge is 0.339 e. The Kier molecular flexibility index (Phi) is 4.14. The first kappa shape index (κ1) is 14.2. The van der Waals surface area contributed by atoms with Gasteiger partial charge in [-0.05, 0) is 6.07 Å². The quantitative estimate of drug-likeness (QED) is 0.830. The maximum atomic E-state index is 12.2. The summed E-state index contributed by atoms with van der Waals surface area (Å²) in [6.07, 6.45) is 1.23. The Morgan fingerprint density at radius 2 is 2.25 bits per heavy atom. The third-order valence-electron chi connectivity index (χ3n) is 2.34. The van der Waals surface area contributed by atoms with Crippen molar-refractivity contribution in [2.75, 3.05) is 5.32 Å². The van der Waals surface area contributed by atoms with Crippen molar-refractivity contribution in [1.82, 2.24) is 14.8 Å². The van der Waals surface area contributed by atoms with Gasteiger partial charge in [0.25, 0.3) is 6.43 Å². The van der Waals surface area contributed by atoms with Crippen LogP contribution in [0.15, 0.2) is 24.7 Å². The van der Waals surface area contributed by atoms with Gasteiger partial charge in [0.2, 0.25) is 0 Å². The minimum atomic E-state index is -2.52. The molecule has 0 aliphatic rings. The van der Waals surface area contributed by atoms with Gasteiger partial charge in [-0.15, -0.1) is 0 Å². The van der Waals surface area contributed by atoms with Crippen molar-refractivity contribution in [3.63, 3.8) is 0 Å². The van der Waals surface area contributed by atoms with E-state index in [1.165, 1.54) is 18.5 Å². The summed E-state index contributed by atoms with van der Waals surface area (Å²) in [5.74, 6) is -1.18. The summed E-state index contributed by atoms with van der Waals surface area (Å²) in [5, 5.41) is 15.6. The molecule has 2 heterocycles. The number of halogens is 3. The molecule has 0 saturated heterocycles. The molecule has 106 valence electrons. The van der Waals surface area contributed by atoms with Crippen LogP contribution in [0.2, 0.25) is 5.15 Å². The summed E-state index contributed by atoms with van der Waals surface area (Å²) in [6.45, 7) is -0.537. The van der Waals surface area contributed by atoms with Crippen LogP contribution in [0.4, 0.5) is 20.2 Å². The monoisotopic (exact) mass is 302 g/mol. The fourth-order valence-corrected chi connectivity index (χ4v) is 1.69. The zero-order valence-electron chi connectivity index (χ0n) is 9.92. The highest BCUT2D eigenvalue weighted by atomic mass is 35.5. The first-order chi connectivity index (χ1) is 9.45. The van der Waals surface area contributed by atoms with Gasteiger partial charge < -0.3 is 10.4 Å². The second-order valence-electron chi connectivity index (χ2n) is 3.82. The molecular weight excluding hydrogens is 294 g/mol. The normalized spacial score (nSPS) is 10.8. The second-order valence-corrected chi connectivity index (χ2v) is 4.21. The number of carbonyl (C=O) groups is 1. The third kappa shape index (κ3) is 3.41. The zero-order valence-corrected chi connectivity index (χ0v) is 10.7. The van der Waals surface area contributed by atoms with Gasteiger partial charge in [-0.2, -0.15) is 5.10 Å². The number of anilines is 2. The fourth-order valence-electron chi connectivity index (χ4n) is 1.53. The number of pyridine rings is 1. The molecule has 20 heavy (non-hydrogen) atoms. The van der Waals surface area contributed by atoms with E-state index < -0.39 is 18.9 Å². The van der Waals surface area contributed by atoms with Crippen molar-refractivity contribution in [3.8, 4) is 0 Å². The predicted octanol–water partition coefficient (Wildman–Crippen LogP) is 2.64. The van der Waals surface area contributed by atoms with Gasteiger partial charge in [0.1, 0.15) is 17.3 Å². The predicted molar refractivity (Wildman–Crippen MR) is 67.7 cm³/mol. The van der Waals surface area contributed by atoms with E-state index in [0.29, 0.717) is 5.69 Å². The molecule has 0 unspecified atom stereocenters. The van der Waals surface area contributed by atoms with Gasteiger partial charge in [-0.1, -0.05) is 11.6 Å². The van der Waals surface area contributed by atoms with Gasteiger partial charge in [0.15, 0.2) is 0 Å². The number of carboxylic acid groups (broad SMARTS) is 1. The number of alkyl halides is 2. The number of aromatic nitrogens is 3. The van der Waals surface area contributed by atoms with Crippen LogP contribution in [-0.4, -0.2) is 32.3 Å². The number of aromatic carboxylic acids is 1. The van der Waals surface area contributed by atoms with Crippen molar-refractivity contribution >= 4 is 28.9 Å². The van der Waals surface area contributed by atoms with Crippen LogP contribution in [-0.2, 0) is 6.54 Å². The molecule has 0 aromatic carbocycles. The van der Waals surface area contributed by atoms with Crippen LogP contribution in [0.3, 0.4) is 0 Å². The summed E-state index contributed by atoms with van der Waals surface area (Å²) < 4.78 is 25.4. The Labute approximate surface area is 117 Å². The lowest BCUT2D eigenvalue weighted by Gasteiger charge is -2.07. The highest BCUT2D eigenvalue weighted by Crippen LogP contribution is 2.23. The third-order valence-corrected chi connectivity index (χ3v) is 2.55. The molecule has 2 N–H and O–H groups in total. The van der Waals surface area contributed by atoms with Crippen LogP contribution >= 0.6 is 11.6 Å². The second kappa shape index (κ2) is 5.83. The summed E-state index contributed by atoms with van der Waals surface area (Å²) in [7, 11) is 0. The van der Waals surface area contributed by atoms with Gasteiger partial charge >= 0.3 is 5.97 Å². The number of hydrogen-bond acceptors (Lipinski definition) is 4. The fraction of sp³-hybridized carbons (Fsp3) is 0.182. The Morgan fingerprint density at radius 3 is 2.90 bits per heavy atom. The highest BCUT2D eigenvalue weighted by Gasteiger charge is 2.13. The zero-order chi connectivity index (χ0) is 14.7. The number of nitrogens with zero attached hydrogens (tertiary/aromatic N) is 3. The van der Waals surface area contributed by atoms with E-state index >= 15 is 0 Å². The van der Waals surface area contributed by atoms with Crippen LogP contribution in [0.1, 0.15) is 10.4 Å². The first-order valence-corrected chi connectivity index (χ1v) is 5.80. The lowest BCUT2D eigenvalue weighted by molar-refractivity contribution is 0.0697. The molecule has 2 aromatic heterocycles. The van der Waals surface area contributed by atoms with E-state index in [1.54, 1.807) is 0 Å². The van der Waals surface area contributed by atoms with Crippen molar-refractivity contribution in [2.45, 2.75) is 13.0 Å². The molecular formula is C11H9ClF2N4O2. The number of carboxylic acids is 1. The van der Waals surface area contributed by atoms with Crippen LogP contribution < -0.4 is 5.32 Å². The van der Waals surface area contributed by atoms with E-state index in [9.17, 15) is 13.6 Å². The lowest BCUT2D eigenvalue weighted by Crippen LogP contribution is -2.06. The molecule has 9 heteroatoms. The number of hydrogen-bond donors (Lipinski definition) is 2. The van der Waals surface area contributed by atoms with E-state index in [2.05, 4.69) is 15.4 Å². The Bertz CT molecular complexity index is 633. The first-order valence-electron chi connectivity index (χ1n) is 5.42. The Morgan fingerprint density at radius 1 is 1.50 bits per heavy atom. The molecule has 2 aromatic rings. The highest BCUT2D eigenvalue weighted by molar-refractivity contribution is 6.29. The topological polar surface area (TPSA) is 80.0 Å². The van der Waals surface area contributed by atoms with Crippen LogP contribution in [0.25, 0.3) is 0 Å². The van der Waals surface area contributed by atoms with Crippen LogP contribution in [0, 0.1) is 0 Å². The molecule has 0 amide bonds. The molecule has 0 spiro atoms. The molecule has 2 rings (SSSR count). The van der Waals surface area contributed by atoms with Crippen molar-refractivity contribution in [2.24, 2.45) is 0 Å². The van der Waals surface area contributed by atoms with Gasteiger partial charge in [-0.25, -0.2) is 18.6 Å². The Hall–Kier alpha value is -2.22. The number of rotatable bonds is 5. The molecule has 0 bridgehead atoms. The molecule has 0 saturated carbocycles. The Balaban J connectivity index is 2.23. The van der Waals surface area contributed by atoms with Crippen LogP contribution in [0.5, 0.6) is 0 Å². The maximum Gasteiger partial charge on any atom is 0.339 e. The van der Waals surface area contributed by atoms with Gasteiger partial charge in [0.05, 0.1) is 17.6 Å². The number of nitrogens with one attached hydrogen (secondary N) is 1. The van der Waals surface area contributed by atoms with E-state index in [1.807, 2.05) is 0 Å². The average Bonchev–Trinajstić information content (AvgIpc) is 2.75. The van der Waals surface area contributed by atoms with E-state index in [4.69, 9.17) is 16.7 Å². The van der Waals surface area contributed by atoms with Gasteiger partial charge in [-0.3, -0.25) is 4.68 Å².